The second kappa shape index (κ2) is 7.19. The van der Waals surface area contributed by atoms with E-state index in [0.29, 0.717) is 24.9 Å². The molecule has 7 heteroatoms. The van der Waals surface area contributed by atoms with E-state index in [9.17, 15) is 9.00 Å². The number of nitrogens with zero attached hydrogens (tertiary/aromatic N) is 1. The predicted octanol–water partition coefficient (Wildman–Crippen LogP) is 3.39. The normalized spacial score (nSPS) is 26.4. The number of piperidine rings is 3. The Kier molecular flexibility index (Phi) is 4.95. The van der Waals surface area contributed by atoms with Gasteiger partial charge in [-0.1, -0.05) is 11.6 Å². The fourth-order valence-corrected chi connectivity index (χ4v) is 6.02. The number of carbonyl (C=O) groups excluding carboxylic acids is 1. The fourth-order valence-electron chi connectivity index (χ4n) is 3.58. The summed E-state index contributed by atoms with van der Waals surface area (Å²) in [5, 5.41) is 3.79. The van der Waals surface area contributed by atoms with E-state index in [1.54, 1.807) is 36.4 Å². The van der Waals surface area contributed by atoms with E-state index < -0.39 is 10.8 Å². The molecule has 2 atom stereocenters. The molecule has 1 amide bonds. The number of nitrogens with one attached hydrogen (secondary N) is 1. The Balaban J connectivity index is 1.44. The molecule has 1 N–H and O–H groups in total. The zero-order chi connectivity index (χ0) is 17.4. The second-order valence-electron chi connectivity index (χ2n) is 6.56. The second-order valence-corrected chi connectivity index (χ2v) is 9.79. The van der Waals surface area contributed by atoms with Gasteiger partial charge >= 0.3 is 0 Å². The van der Waals surface area contributed by atoms with Gasteiger partial charge in [-0.25, -0.2) is 4.21 Å². The number of hydrogen-bond donors (Lipinski definition) is 1. The van der Waals surface area contributed by atoms with Crippen LogP contribution in [0.1, 0.15) is 22.5 Å². The molecule has 132 valence electrons. The minimum Gasteiger partial charge on any atom is -0.347 e. The van der Waals surface area contributed by atoms with Crippen LogP contribution in [0, 0.1) is 5.92 Å². The van der Waals surface area contributed by atoms with Gasteiger partial charge in [0, 0.05) is 22.5 Å². The molecule has 4 nitrogen and oxygen atoms in total. The molecule has 2 bridgehead atoms. The number of rotatable bonds is 4. The summed E-state index contributed by atoms with van der Waals surface area (Å²) in [5.41, 5.74) is 0. The standard InChI is InChI=1S/C18H19ClN2O2S2/c19-13-1-3-14(4-2-13)25(23)17-6-5-16(24-17)18(22)20-15-11-21-9-7-12(15)8-10-21/h1-6,12,15H,7-11H2,(H,20,22). The van der Waals surface area contributed by atoms with E-state index in [0.717, 1.165) is 19.6 Å². The topological polar surface area (TPSA) is 49.4 Å². The third-order valence-electron chi connectivity index (χ3n) is 4.99. The summed E-state index contributed by atoms with van der Waals surface area (Å²) in [6, 6.07) is 10.7. The van der Waals surface area contributed by atoms with Crippen LogP contribution in [0.25, 0.3) is 0 Å². The summed E-state index contributed by atoms with van der Waals surface area (Å²) in [4.78, 5) is 16.3. The minimum atomic E-state index is -1.29. The van der Waals surface area contributed by atoms with Crippen molar-refractivity contribution in [1.29, 1.82) is 0 Å². The number of amides is 1. The van der Waals surface area contributed by atoms with Gasteiger partial charge < -0.3 is 10.2 Å². The maximum Gasteiger partial charge on any atom is 0.261 e. The molecule has 0 aliphatic carbocycles. The number of halogens is 1. The van der Waals surface area contributed by atoms with Gasteiger partial charge in [0.15, 0.2) is 0 Å². The molecule has 3 fully saturated rings. The summed E-state index contributed by atoms with van der Waals surface area (Å²) in [5.74, 6) is 0.541. The molecule has 1 aromatic heterocycles. The van der Waals surface area contributed by atoms with Gasteiger partial charge in [0.05, 0.1) is 19.9 Å². The molecule has 2 aromatic rings. The molecular weight excluding hydrogens is 376 g/mol. The number of carbonyl (C=O) groups is 1. The summed E-state index contributed by atoms with van der Waals surface area (Å²) >= 11 is 7.17. The number of hydrogen-bond acceptors (Lipinski definition) is 4. The minimum absolute atomic E-state index is 0.0527. The average molecular weight is 395 g/mol. The first-order valence-electron chi connectivity index (χ1n) is 8.40. The van der Waals surface area contributed by atoms with E-state index in [4.69, 9.17) is 11.6 Å². The lowest BCUT2D eigenvalue weighted by Crippen LogP contribution is -2.57. The van der Waals surface area contributed by atoms with Gasteiger partial charge in [0.25, 0.3) is 5.91 Å². The van der Waals surface area contributed by atoms with Gasteiger partial charge in [-0.15, -0.1) is 11.3 Å². The maximum atomic E-state index is 12.6. The zero-order valence-corrected chi connectivity index (χ0v) is 16.0. The molecule has 4 heterocycles. The Morgan fingerprint density at radius 3 is 2.52 bits per heavy atom. The summed E-state index contributed by atoms with van der Waals surface area (Å²) in [7, 11) is -1.29. The van der Waals surface area contributed by atoms with Gasteiger partial charge in [-0.2, -0.15) is 0 Å². The Morgan fingerprint density at radius 2 is 1.88 bits per heavy atom. The van der Waals surface area contributed by atoms with Crippen molar-refractivity contribution in [1.82, 2.24) is 10.2 Å². The van der Waals surface area contributed by atoms with Crippen LogP contribution < -0.4 is 5.32 Å². The summed E-state index contributed by atoms with van der Waals surface area (Å²) < 4.78 is 13.3. The third kappa shape index (κ3) is 3.67. The van der Waals surface area contributed by atoms with Crippen molar-refractivity contribution in [2.75, 3.05) is 19.6 Å². The molecule has 0 saturated carbocycles. The lowest BCUT2D eigenvalue weighted by atomic mass is 9.84. The average Bonchev–Trinajstić information content (AvgIpc) is 3.13. The summed E-state index contributed by atoms with van der Waals surface area (Å²) in [6.07, 6.45) is 2.34. The number of fused-ring (bicyclic) bond motifs is 3. The molecule has 3 aliphatic heterocycles. The zero-order valence-electron chi connectivity index (χ0n) is 13.6. The monoisotopic (exact) mass is 394 g/mol. The van der Waals surface area contributed by atoms with Crippen molar-refractivity contribution >= 4 is 39.6 Å². The maximum absolute atomic E-state index is 12.6. The van der Waals surface area contributed by atoms with Crippen molar-refractivity contribution in [3.05, 3.63) is 46.3 Å². The predicted molar refractivity (Wildman–Crippen MR) is 101 cm³/mol. The molecule has 0 spiro atoms. The van der Waals surface area contributed by atoms with E-state index in [-0.39, 0.29) is 11.9 Å². The SMILES string of the molecule is O=C(NC1CN2CCC1CC2)c1ccc(S(=O)c2ccc(Cl)cc2)s1. The first-order valence-corrected chi connectivity index (χ1v) is 10.7. The highest BCUT2D eigenvalue weighted by Gasteiger charge is 2.35. The molecular formula is C18H19ClN2O2S2. The highest BCUT2D eigenvalue weighted by Crippen LogP contribution is 2.29. The number of thiophene rings is 1. The van der Waals surface area contributed by atoms with Crippen molar-refractivity contribution in [3.8, 4) is 0 Å². The first-order chi connectivity index (χ1) is 12.1. The van der Waals surface area contributed by atoms with E-state index in [2.05, 4.69) is 10.2 Å². The Bertz CT molecular complexity index is 798. The molecule has 2 unspecified atom stereocenters. The van der Waals surface area contributed by atoms with Gasteiger partial charge in [-0.05, 0) is 68.2 Å². The quantitative estimate of drug-likeness (QED) is 0.864. The van der Waals surface area contributed by atoms with Gasteiger partial charge in [0.1, 0.15) is 0 Å². The van der Waals surface area contributed by atoms with E-state index in [1.807, 2.05) is 0 Å². The molecule has 1 aromatic carbocycles. The van der Waals surface area contributed by atoms with Crippen LogP contribution in [0.4, 0.5) is 0 Å². The van der Waals surface area contributed by atoms with Gasteiger partial charge in [-0.3, -0.25) is 4.79 Å². The van der Waals surface area contributed by atoms with Crippen molar-refractivity contribution in [2.24, 2.45) is 5.92 Å². The lowest BCUT2D eigenvalue weighted by molar-refractivity contribution is 0.0622. The molecule has 25 heavy (non-hydrogen) atoms. The Morgan fingerprint density at radius 1 is 1.16 bits per heavy atom. The summed E-state index contributed by atoms with van der Waals surface area (Å²) in [6.45, 7) is 3.26. The van der Waals surface area contributed by atoms with E-state index >= 15 is 0 Å². The number of benzene rings is 1. The van der Waals surface area contributed by atoms with Crippen LogP contribution in [0.2, 0.25) is 5.02 Å². The molecule has 5 rings (SSSR count). The van der Waals surface area contributed by atoms with Crippen molar-refractivity contribution in [2.45, 2.75) is 28.0 Å². The van der Waals surface area contributed by atoms with Crippen LogP contribution in [-0.4, -0.2) is 40.7 Å². The highest BCUT2D eigenvalue weighted by atomic mass is 35.5. The third-order valence-corrected chi connectivity index (χ3v) is 8.02. The van der Waals surface area contributed by atoms with Crippen LogP contribution in [-0.2, 0) is 10.8 Å². The fraction of sp³-hybridized carbons (Fsp3) is 0.389. The van der Waals surface area contributed by atoms with Crippen LogP contribution in [0.15, 0.2) is 45.5 Å². The largest absolute Gasteiger partial charge is 0.347 e. The Labute approximate surface area is 158 Å². The Hall–Kier alpha value is -1.21. The van der Waals surface area contributed by atoms with Crippen LogP contribution in [0.3, 0.4) is 0 Å². The molecule has 3 aliphatic rings. The van der Waals surface area contributed by atoms with Crippen LogP contribution >= 0.6 is 22.9 Å². The van der Waals surface area contributed by atoms with Crippen molar-refractivity contribution < 1.29 is 9.00 Å². The van der Waals surface area contributed by atoms with Crippen LogP contribution in [0.5, 0.6) is 0 Å². The van der Waals surface area contributed by atoms with Gasteiger partial charge in [0.2, 0.25) is 0 Å². The first kappa shape index (κ1) is 17.2. The lowest BCUT2D eigenvalue weighted by Gasteiger charge is -2.44. The molecule has 3 saturated heterocycles. The van der Waals surface area contributed by atoms with Crippen molar-refractivity contribution in [3.63, 3.8) is 0 Å². The van der Waals surface area contributed by atoms with E-state index in [1.165, 1.54) is 24.2 Å². The molecule has 0 radical (unpaired) electrons. The smallest absolute Gasteiger partial charge is 0.261 e. The highest BCUT2D eigenvalue weighted by molar-refractivity contribution is 7.87.